The van der Waals surface area contributed by atoms with Crippen molar-refractivity contribution in [2.45, 2.75) is 25.4 Å². The molecule has 2 N–H and O–H groups in total. The van der Waals surface area contributed by atoms with Gasteiger partial charge in [-0.2, -0.15) is 18.3 Å². The zero-order chi connectivity index (χ0) is 20.6. The summed E-state index contributed by atoms with van der Waals surface area (Å²) in [5.74, 6) is 5.85. The maximum atomic E-state index is 13.6. The Bertz CT molecular complexity index is 997. The Morgan fingerprint density at radius 1 is 1.31 bits per heavy atom. The van der Waals surface area contributed by atoms with Crippen LogP contribution in [0.2, 0.25) is 5.02 Å². The molecule has 152 valence electrons. The zero-order valence-electron chi connectivity index (χ0n) is 15.3. The number of alkyl halides is 3. The third kappa shape index (κ3) is 4.11. The van der Waals surface area contributed by atoms with Crippen LogP contribution in [0.25, 0.3) is 5.69 Å². The van der Waals surface area contributed by atoms with Crippen LogP contribution in [0.15, 0.2) is 24.5 Å². The molecule has 1 saturated carbocycles. The van der Waals surface area contributed by atoms with Crippen molar-refractivity contribution in [3.8, 4) is 17.5 Å². The van der Waals surface area contributed by atoms with Crippen molar-refractivity contribution in [3.05, 3.63) is 40.7 Å². The number of carbonyl (C=O) groups is 1. The standard InChI is InChI=1S/C20H18ClF3N4O/c21-17-16(27-19(29)14-2-1-3-14)7-6-15(20(22,23)24)18(17)28-11-13(10-26-28)5-4-12-8-25-9-12/h6-7,10-12,14,25H,1-3,8-9H2,(H,27,29). The van der Waals surface area contributed by atoms with Crippen LogP contribution in [-0.4, -0.2) is 28.8 Å². The Morgan fingerprint density at radius 2 is 2.07 bits per heavy atom. The summed E-state index contributed by atoms with van der Waals surface area (Å²) in [6, 6.07) is 2.09. The first-order valence-electron chi connectivity index (χ1n) is 9.31. The van der Waals surface area contributed by atoms with Gasteiger partial charge in [-0.05, 0) is 25.0 Å². The average Bonchev–Trinajstić information content (AvgIpc) is 3.01. The predicted octanol–water partition coefficient (Wildman–Crippen LogP) is 3.85. The Balaban J connectivity index is 1.69. The second kappa shape index (κ2) is 7.73. The summed E-state index contributed by atoms with van der Waals surface area (Å²) in [7, 11) is 0. The van der Waals surface area contributed by atoms with Crippen molar-refractivity contribution in [1.82, 2.24) is 15.1 Å². The van der Waals surface area contributed by atoms with Gasteiger partial charge in [0, 0.05) is 31.1 Å². The van der Waals surface area contributed by atoms with Crippen molar-refractivity contribution in [2.75, 3.05) is 18.4 Å². The second-order valence-corrected chi connectivity index (χ2v) is 7.61. The molecule has 0 bridgehead atoms. The van der Waals surface area contributed by atoms with E-state index in [1.54, 1.807) is 0 Å². The first-order chi connectivity index (χ1) is 13.8. The van der Waals surface area contributed by atoms with Gasteiger partial charge in [-0.3, -0.25) is 4.79 Å². The monoisotopic (exact) mass is 422 g/mol. The molecule has 0 spiro atoms. The maximum absolute atomic E-state index is 13.6. The summed E-state index contributed by atoms with van der Waals surface area (Å²) in [6.45, 7) is 1.60. The highest BCUT2D eigenvalue weighted by Gasteiger charge is 2.36. The van der Waals surface area contributed by atoms with Gasteiger partial charge < -0.3 is 10.6 Å². The Morgan fingerprint density at radius 3 is 2.66 bits per heavy atom. The fourth-order valence-corrected chi connectivity index (χ4v) is 3.40. The van der Waals surface area contributed by atoms with Gasteiger partial charge in [-0.1, -0.05) is 29.9 Å². The number of hydrogen-bond acceptors (Lipinski definition) is 3. The second-order valence-electron chi connectivity index (χ2n) is 7.24. The Kier molecular flexibility index (Phi) is 5.28. The highest BCUT2D eigenvalue weighted by atomic mass is 35.5. The van der Waals surface area contributed by atoms with Crippen molar-refractivity contribution >= 4 is 23.2 Å². The van der Waals surface area contributed by atoms with Gasteiger partial charge in [0.05, 0.1) is 33.7 Å². The lowest BCUT2D eigenvalue weighted by Crippen LogP contribution is -2.40. The van der Waals surface area contributed by atoms with Gasteiger partial charge in [0.15, 0.2) is 0 Å². The van der Waals surface area contributed by atoms with Crippen molar-refractivity contribution in [3.63, 3.8) is 0 Å². The number of benzene rings is 1. The SMILES string of the molecule is O=C(Nc1ccc(C(F)(F)F)c(-n2cc(C#CC3CNC3)cn2)c1Cl)C1CCC1. The molecule has 2 fully saturated rings. The van der Waals surface area contributed by atoms with Crippen molar-refractivity contribution in [1.29, 1.82) is 0 Å². The lowest BCUT2D eigenvalue weighted by Gasteiger charge is -2.25. The lowest BCUT2D eigenvalue weighted by atomic mass is 9.85. The summed E-state index contributed by atoms with van der Waals surface area (Å²) in [5.41, 5.74) is -0.640. The minimum Gasteiger partial charge on any atom is -0.324 e. The summed E-state index contributed by atoms with van der Waals surface area (Å²) in [5, 5.41) is 9.56. The lowest BCUT2D eigenvalue weighted by molar-refractivity contribution is -0.137. The number of carbonyl (C=O) groups excluding carboxylic acids is 1. The molecule has 0 atom stereocenters. The van der Waals surface area contributed by atoms with Crippen molar-refractivity contribution < 1.29 is 18.0 Å². The molecule has 0 radical (unpaired) electrons. The van der Waals surface area contributed by atoms with E-state index in [1.807, 2.05) is 0 Å². The maximum Gasteiger partial charge on any atom is 0.418 e. The topological polar surface area (TPSA) is 59.0 Å². The Hall–Kier alpha value is -2.50. The number of nitrogens with zero attached hydrogens (tertiary/aromatic N) is 2. The van der Waals surface area contributed by atoms with Gasteiger partial charge in [-0.25, -0.2) is 4.68 Å². The number of amides is 1. The number of halogens is 4. The number of aromatic nitrogens is 2. The third-order valence-electron chi connectivity index (χ3n) is 5.17. The van der Waals surface area contributed by atoms with Crippen LogP contribution in [0.1, 0.15) is 30.4 Å². The van der Waals surface area contributed by atoms with E-state index in [0.29, 0.717) is 5.56 Å². The van der Waals surface area contributed by atoms with E-state index >= 15 is 0 Å². The highest BCUT2D eigenvalue weighted by Crippen LogP contribution is 2.41. The molecule has 1 aromatic heterocycles. The van der Waals surface area contributed by atoms with E-state index in [-0.39, 0.29) is 34.1 Å². The average molecular weight is 423 g/mol. The van der Waals surface area contributed by atoms with Crippen LogP contribution in [0, 0.1) is 23.7 Å². The molecule has 1 amide bonds. The Labute approximate surface area is 170 Å². The molecular formula is C20H18ClF3N4O. The molecule has 2 aromatic rings. The molecule has 29 heavy (non-hydrogen) atoms. The van der Waals surface area contributed by atoms with E-state index in [0.717, 1.165) is 43.1 Å². The quantitative estimate of drug-likeness (QED) is 0.739. The largest absolute Gasteiger partial charge is 0.418 e. The van der Waals surface area contributed by atoms with E-state index in [4.69, 9.17) is 11.6 Å². The minimum atomic E-state index is -4.63. The van der Waals surface area contributed by atoms with Crippen LogP contribution < -0.4 is 10.6 Å². The predicted molar refractivity (Wildman–Crippen MR) is 103 cm³/mol. The molecule has 9 heteroatoms. The number of rotatable bonds is 3. The molecule has 2 heterocycles. The molecule has 1 aliphatic carbocycles. The number of hydrogen-bond donors (Lipinski definition) is 2. The molecule has 1 aliphatic heterocycles. The van der Waals surface area contributed by atoms with Gasteiger partial charge in [-0.15, -0.1) is 0 Å². The van der Waals surface area contributed by atoms with Crippen molar-refractivity contribution in [2.24, 2.45) is 11.8 Å². The number of anilines is 1. The first kappa shape index (κ1) is 19.8. The van der Waals surface area contributed by atoms with Gasteiger partial charge in [0.2, 0.25) is 5.91 Å². The first-order valence-corrected chi connectivity index (χ1v) is 9.68. The summed E-state index contributed by atoms with van der Waals surface area (Å²) < 4.78 is 41.8. The molecule has 4 rings (SSSR count). The minimum absolute atomic E-state index is 0.121. The van der Waals surface area contributed by atoms with E-state index in [9.17, 15) is 18.0 Å². The van der Waals surface area contributed by atoms with Gasteiger partial charge in [0.1, 0.15) is 0 Å². The normalized spacial score (nSPS) is 17.1. The fraction of sp³-hybridized carbons (Fsp3) is 0.400. The van der Waals surface area contributed by atoms with Gasteiger partial charge in [0.25, 0.3) is 0 Å². The van der Waals surface area contributed by atoms with Crippen LogP contribution in [-0.2, 0) is 11.0 Å². The highest BCUT2D eigenvalue weighted by molar-refractivity contribution is 6.35. The molecule has 2 aliphatic rings. The molecule has 0 unspecified atom stereocenters. The molecule has 1 saturated heterocycles. The third-order valence-corrected chi connectivity index (χ3v) is 5.55. The zero-order valence-corrected chi connectivity index (χ0v) is 16.1. The van der Waals surface area contributed by atoms with Crippen LogP contribution in [0.4, 0.5) is 18.9 Å². The summed E-state index contributed by atoms with van der Waals surface area (Å²) in [6.07, 6.45) is 0.689. The van der Waals surface area contributed by atoms with Crippen LogP contribution >= 0.6 is 11.6 Å². The molecule has 5 nitrogen and oxygen atoms in total. The van der Waals surface area contributed by atoms with Crippen LogP contribution in [0.5, 0.6) is 0 Å². The smallest absolute Gasteiger partial charge is 0.324 e. The van der Waals surface area contributed by atoms with Gasteiger partial charge >= 0.3 is 6.18 Å². The fourth-order valence-electron chi connectivity index (χ4n) is 3.10. The summed E-state index contributed by atoms with van der Waals surface area (Å²) in [4.78, 5) is 12.2. The molecular weight excluding hydrogens is 405 g/mol. The van der Waals surface area contributed by atoms with E-state index < -0.39 is 11.7 Å². The summed E-state index contributed by atoms with van der Waals surface area (Å²) >= 11 is 6.31. The van der Waals surface area contributed by atoms with E-state index in [1.165, 1.54) is 18.5 Å². The number of nitrogens with one attached hydrogen (secondary N) is 2. The van der Waals surface area contributed by atoms with E-state index in [2.05, 4.69) is 27.6 Å². The van der Waals surface area contributed by atoms with Crippen LogP contribution in [0.3, 0.4) is 0 Å². The molecule has 1 aromatic carbocycles.